The molecule has 0 fully saturated rings. The number of nitrogens with zero attached hydrogens (tertiary/aromatic N) is 1. The monoisotopic (exact) mass is 526 g/mol. The van der Waals surface area contributed by atoms with Crippen LogP contribution < -0.4 is 5.73 Å². The van der Waals surface area contributed by atoms with E-state index >= 15 is 0 Å². The zero-order chi connectivity index (χ0) is 28.8. The second-order valence-corrected chi connectivity index (χ2v) is 10.5. The molecule has 0 spiro atoms. The van der Waals surface area contributed by atoms with Crippen LogP contribution in [0.15, 0.2) is 73.1 Å². The number of ether oxygens (including phenoxy) is 1. The minimum atomic E-state index is -0.873. The number of aliphatic hydroxyl groups is 2. The van der Waals surface area contributed by atoms with E-state index in [9.17, 15) is 19.8 Å². The second kappa shape index (κ2) is 16.7. The number of nitrogens with two attached hydrogens (primary N) is 1. The van der Waals surface area contributed by atoms with Crippen molar-refractivity contribution in [1.82, 2.24) is 4.98 Å². The van der Waals surface area contributed by atoms with Gasteiger partial charge in [-0.2, -0.15) is 0 Å². The molecule has 0 aliphatic heterocycles. The Hall–Kier alpha value is -3.03. The Morgan fingerprint density at radius 3 is 2.24 bits per heavy atom. The number of allylic oxidation sites excluding steroid dienone is 4. The molecule has 8 unspecified atom stereocenters. The SMILES string of the molecule is C=C/C=C\C(C)C(OC(N)=O)C(C)C(O)C(C)C/C(C)=C\C(C)C(O)C(C)/C=C\C(=O)Cc1ccncc1. The number of pyridine rings is 1. The topological polar surface area (TPSA) is 123 Å². The maximum absolute atomic E-state index is 12.3. The first-order valence-corrected chi connectivity index (χ1v) is 13.3. The summed E-state index contributed by atoms with van der Waals surface area (Å²) >= 11 is 0. The van der Waals surface area contributed by atoms with Crippen LogP contribution >= 0.6 is 0 Å². The zero-order valence-electron chi connectivity index (χ0n) is 23.7. The van der Waals surface area contributed by atoms with Gasteiger partial charge in [0.2, 0.25) is 0 Å². The lowest BCUT2D eigenvalue weighted by molar-refractivity contribution is -0.114. The predicted molar refractivity (Wildman–Crippen MR) is 152 cm³/mol. The molecule has 8 atom stereocenters. The van der Waals surface area contributed by atoms with E-state index in [2.05, 4.69) is 11.6 Å². The van der Waals surface area contributed by atoms with Crippen molar-refractivity contribution in [1.29, 1.82) is 0 Å². The molecular formula is C31H46N2O5. The fraction of sp³-hybridized carbons (Fsp3) is 0.516. The van der Waals surface area contributed by atoms with E-state index in [-0.39, 0.29) is 35.4 Å². The summed E-state index contributed by atoms with van der Waals surface area (Å²) in [6.07, 6.45) is 11.9. The van der Waals surface area contributed by atoms with Crippen molar-refractivity contribution in [2.45, 2.75) is 72.7 Å². The summed E-state index contributed by atoms with van der Waals surface area (Å²) in [6, 6.07) is 3.62. The Kier molecular flexibility index (Phi) is 14.5. The fourth-order valence-corrected chi connectivity index (χ4v) is 4.76. The first-order chi connectivity index (χ1) is 17.9. The molecule has 210 valence electrons. The summed E-state index contributed by atoms with van der Waals surface area (Å²) < 4.78 is 5.35. The molecule has 7 nitrogen and oxygen atoms in total. The Labute approximate surface area is 228 Å². The quantitative estimate of drug-likeness (QED) is 0.155. The van der Waals surface area contributed by atoms with Crippen LogP contribution in [0, 0.1) is 29.6 Å². The van der Waals surface area contributed by atoms with E-state index in [1.54, 1.807) is 30.6 Å². The van der Waals surface area contributed by atoms with Gasteiger partial charge in [-0.1, -0.05) is 77.2 Å². The Morgan fingerprint density at radius 2 is 1.66 bits per heavy atom. The van der Waals surface area contributed by atoms with Gasteiger partial charge in [0, 0.05) is 42.5 Å². The molecule has 0 bridgehead atoms. The average Bonchev–Trinajstić information content (AvgIpc) is 2.87. The Morgan fingerprint density at radius 1 is 1.03 bits per heavy atom. The molecule has 0 saturated heterocycles. The maximum Gasteiger partial charge on any atom is 0.404 e. The molecule has 1 aromatic heterocycles. The molecule has 38 heavy (non-hydrogen) atoms. The van der Waals surface area contributed by atoms with Gasteiger partial charge >= 0.3 is 6.09 Å². The first-order valence-electron chi connectivity index (χ1n) is 13.3. The molecule has 0 aromatic carbocycles. The van der Waals surface area contributed by atoms with Gasteiger partial charge in [-0.25, -0.2) is 4.79 Å². The van der Waals surface area contributed by atoms with Gasteiger partial charge in [-0.15, -0.1) is 0 Å². The lowest BCUT2D eigenvalue weighted by Crippen LogP contribution is -2.41. The number of ketones is 1. The third-order valence-electron chi connectivity index (χ3n) is 6.94. The van der Waals surface area contributed by atoms with Crippen LogP contribution in [-0.4, -0.2) is 45.4 Å². The van der Waals surface area contributed by atoms with Crippen LogP contribution in [0.25, 0.3) is 0 Å². The average molecular weight is 527 g/mol. The van der Waals surface area contributed by atoms with E-state index in [1.165, 1.54) is 6.08 Å². The summed E-state index contributed by atoms with van der Waals surface area (Å²) in [6.45, 7) is 15.2. The molecule has 0 aliphatic rings. The Balaban J connectivity index is 2.75. The van der Waals surface area contributed by atoms with Crippen LogP contribution in [0.3, 0.4) is 0 Å². The van der Waals surface area contributed by atoms with E-state index in [1.807, 2.05) is 65.8 Å². The van der Waals surface area contributed by atoms with Crippen molar-refractivity contribution in [3.8, 4) is 0 Å². The first kappa shape index (κ1) is 33.0. The smallest absolute Gasteiger partial charge is 0.404 e. The number of rotatable bonds is 16. The minimum Gasteiger partial charge on any atom is -0.445 e. The molecule has 1 heterocycles. The molecule has 1 rings (SSSR count). The Bertz CT molecular complexity index is 972. The van der Waals surface area contributed by atoms with Crippen molar-refractivity contribution in [3.05, 3.63) is 78.7 Å². The predicted octanol–water partition coefficient (Wildman–Crippen LogP) is 5.19. The summed E-state index contributed by atoms with van der Waals surface area (Å²) in [7, 11) is 0. The molecule has 1 amide bonds. The van der Waals surface area contributed by atoms with Crippen LogP contribution in [0.2, 0.25) is 0 Å². The number of primary amides is 1. The van der Waals surface area contributed by atoms with Crippen LogP contribution in [-0.2, 0) is 16.0 Å². The third-order valence-corrected chi connectivity index (χ3v) is 6.94. The lowest BCUT2D eigenvalue weighted by Gasteiger charge is -2.33. The van der Waals surface area contributed by atoms with Crippen LogP contribution in [0.1, 0.15) is 53.5 Å². The standard InChI is InChI=1S/C31H46N2O5/c1-8-9-10-22(4)30(38-31(32)37)25(7)29(36)24(6)18-20(2)17-23(5)28(35)21(3)11-12-27(34)19-26-13-15-33-16-14-26/h8-17,21-25,28-30,35-36H,1,18-19H2,2-7H3,(H2,32,37)/b10-9-,12-11-,20-17-. The minimum absolute atomic E-state index is 0.0283. The van der Waals surface area contributed by atoms with Crippen LogP contribution in [0.4, 0.5) is 4.79 Å². The zero-order valence-corrected chi connectivity index (χ0v) is 23.7. The van der Waals surface area contributed by atoms with Gasteiger partial charge in [0.05, 0.1) is 12.2 Å². The van der Waals surface area contributed by atoms with Gasteiger partial charge in [-0.05, 0) is 43.0 Å². The van der Waals surface area contributed by atoms with E-state index in [0.29, 0.717) is 12.8 Å². The molecule has 0 saturated carbocycles. The molecule has 7 heteroatoms. The van der Waals surface area contributed by atoms with Crippen molar-refractivity contribution < 1.29 is 24.5 Å². The highest BCUT2D eigenvalue weighted by atomic mass is 16.6. The summed E-state index contributed by atoms with van der Waals surface area (Å²) in [5.74, 6) is -1.03. The third kappa shape index (κ3) is 11.6. The van der Waals surface area contributed by atoms with Gasteiger partial charge in [0.1, 0.15) is 6.10 Å². The van der Waals surface area contributed by atoms with Crippen molar-refractivity contribution in [3.63, 3.8) is 0 Å². The number of aromatic nitrogens is 1. The van der Waals surface area contributed by atoms with Gasteiger partial charge in [0.25, 0.3) is 0 Å². The van der Waals surface area contributed by atoms with Gasteiger partial charge in [-0.3, -0.25) is 9.78 Å². The largest absolute Gasteiger partial charge is 0.445 e. The summed E-state index contributed by atoms with van der Waals surface area (Å²) in [5, 5.41) is 21.9. The fourth-order valence-electron chi connectivity index (χ4n) is 4.76. The number of aliphatic hydroxyl groups excluding tert-OH is 2. The molecule has 1 aromatic rings. The highest BCUT2D eigenvalue weighted by molar-refractivity contribution is 5.91. The van der Waals surface area contributed by atoms with Crippen LogP contribution in [0.5, 0.6) is 0 Å². The molecule has 0 aliphatic carbocycles. The number of carbonyl (C=O) groups is 2. The normalized spacial score (nSPS) is 18.8. The number of amides is 1. The van der Waals surface area contributed by atoms with Crippen molar-refractivity contribution >= 4 is 11.9 Å². The van der Waals surface area contributed by atoms with E-state index < -0.39 is 24.4 Å². The van der Waals surface area contributed by atoms with E-state index in [4.69, 9.17) is 10.5 Å². The van der Waals surface area contributed by atoms with Crippen molar-refractivity contribution in [2.75, 3.05) is 0 Å². The van der Waals surface area contributed by atoms with Gasteiger partial charge < -0.3 is 20.7 Å². The lowest BCUT2D eigenvalue weighted by atomic mass is 9.81. The number of carbonyl (C=O) groups excluding carboxylic acids is 2. The highest BCUT2D eigenvalue weighted by Gasteiger charge is 2.33. The second-order valence-electron chi connectivity index (χ2n) is 10.5. The molecule has 0 radical (unpaired) electrons. The highest BCUT2D eigenvalue weighted by Crippen LogP contribution is 2.29. The maximum atomic E-state index is 12.3. The van der Waals surface area contributed by atoms with E-state index in [0.717, 1.165) is 11.1 Å². The molecular weight excluding hydrogens is 480 g/mol. The summed E-state index contributed by atoms with van der Waals surface area (Å²) in [5.41, 5.74) is 7.22. The van der Waals surface area contributed by atoms with Crippen molar-refractivity contribution in [2.24, 2.45) is 35.3 Å². The van der Waals surface area contributed by atoms with Gasteiger partial charge in [0.15, 0.2) is 5.78 Å². The molecule has 4 N–H and O–H groups in total. The number of hydrogen-bond donors (Lipinski definition) is 3. The summed E-state index contributed by atoms with van der Waals surface area (Å²) in [4.78, 5) is 27.7. The number of hydrogen-bond acceptors (Lipinski definition) is 6.